The minimum Gasteiger partial charge on any atom is -0.354 e. The highest BCUT2D eigenvalue weighted by Gasteiger charge is 2.46. The molecule has 2 atom stereocenters. The van der Waals surface area contributed by atoms with Gasteiger partial charge < -0.3 is 4.74 Å². The first-order chi connectivity index (χ1) is 17.1. The number of nitrogens with one attached hydrogen (secondary N) is 1. The topological polar surface area (TPSA) is 44.8 Å². The average molecular weight is 484 g/mol. The van der Waals surface area contributed by atoms with E-state index in [0.29, 0.717) is 24.0 Å². The van der Waals surface area contributed by atoms with Gasteiger partial charge in [-0.1, -0.05) is 73.7 Å². The van der Waals surface area contributed by atoms with Gasteiger partial charge in [0.15, 0.2) is 10.8 Å². The summed E-state index contributed by atoms with van der Waals surface area (Å²) in [6.07, 6.45) is 4.52. The van der Waals surface area contributed by atoms with Crippen LogP contribution in [0.2, 0.25) is 0 Å². The predicted octanol–water partition coefficient (Wildman–Crippen LogP) is 5.34. The van der Waals surface area contributed by atoms with Crippen LogP contribution >= 0.6 is 12.2 Å². The van der Waals surface area contributed by atoms with Crippen molar-refractivity contribution in [3.8, 4) is 0 Å². The van der Waals surface area contributed by atoms with Crippen molar-refractivity contribution >= 4 is 39.7 Å². The monoisotopic (exact) mass is 483 g/mol. The van der Waals surface area contributed by atoms with Crippen LogP contribution in [0.15, 0.2) is 97.2 Å². The first-order valence-corrected chi connectivity index (χ1v) is 12.4. The summed E-state index contributed by atoms with van der Waals surface area (Å²) in [5.41, 5.74) is 1.74. The quantitative estimate of drug-likeness (QED) is 0.279. The molecule has 2 heterocycles. The van der Waals surface area contributed by atoms with Crippen molar-refractivity contribution in [1.82, 2.24) is 10.2 Å². The highest BCUT2D eigenvalue weighted by Crippen LogP contribution is 2.42. The number of carbonyl (C=O) groups is 1. The molecule has 0 aromatic heterocycles. The second-order valence-corrected chi connectivity index (χ2v) is 9.13. The van der Waals surface area contributed by atoms with E-state index < -0.39 is 5.72 Å². The Balaban J connectivity index is 1.66. The van der Waals surface area contributed by atoms with Gasteiger partial charge in [-0.25, -0.2) is 0 Å². The lowest BCUT2D eigenvalue weighted by Gasteiger charge is -2.37. The van der Waals surface area contributed by atoms with E-state index in [2.05, 4.69) is 55.2 Å². The number of hydrogen-bond donors (Lipinski definition) is 1. The zero-order valence-corrected chi connectivity index (χ0v) is 20.6. The minimum absolute atomic E-state index is 0.118. The fourth-order valence-corrected chi connectivity index (χ4v) is 5.54. The Bertz CT molecular complexity index is 1290. The van der Waals surface area contributed by atoms with Gasteiger partial charge in [-0.2, -0.15) is 0 Å². The fourth-order valence-electron chi connectivity index (χ4n) is 5.18. The molecule has 0 radical (unpaired) electrons. The largest absolute Gasteiger partial charge is 0.354 e. The lowest BCUT2D eigenvalue weighted by atomic mass is 9.83. The number of amides is 1. The molecule has 5 rings (SSSR count). The lowest BCUT2D eigenvalue weighted by Crippen LogP contribution is -2.45. The van der Waals surface area contributed by atoms with Crippen LogP contribution in [0.1, 0.15) is 18.9 Å². The van der Waals surface area contributed by atoms with Crippen molar-refractivity contribution in [2.45, 2.75) is 19.1 Å². The van der Waals surface area contributed by atoms with Gasteiger partial charge >= 0.3 is 0 Å². The van der Waals surface area contributed by atoms with Crippen molar-refractivity contribution in [2.75, 3.05) is 24.6 Å². The van der Waals surface area contributed by atoms with Crippen LogP contribution in [-0.4, -0.2) is 35.6 Å². The highest BCUT2D eigenvalue weighted by atomic mass is 32.1. The van der Waals surface area contributed by atoms with Crippen LogP contribution in [0.3, 0.4) is 0 Å². The number of ether oxygens (including phenoxy) is 1. The molecule has 1 N–H and O–H groups in total. The summed E-state index contributed by atoms with van der Waals surface area (Å²) in [5, 5.41) is 6.42. The zero-order chi connectivity index (χ0) is 24.4. The molecule has 0 saturated carbocycles. The first kappa shape index (κ1) is 23.4. The van der Waals surface area contributed by atoms with Crippen LogP contribution in [0.5, 0.6) is 0 Å². The SMILES string of the molecule is C=CCN1C(=O)C(=CC(CC)C2(c3cccc4ccccc34)NCCO2)N(c2ccccc2)C1=S. The highest BCUT2D eigenvalue weighted by molar-refractivity contribution is 7.80. The van der Waals surface area contributed by atoms with Crippen LogP contribution < -0.4 is 10.2 Å². The lowest BCUT2D eigenvalue weighted by molar-refractivity contribution is -0.122. The third-order valence-corrected chi connectivity index (χ3v) is 7.19. The summed E-state index contributed by atoms with van der Waals surface area (Å²) >= 11 is 5.77. The number of hydrogen-bond acceptors (Lipinski definition) is 4. The smallest absolute Gasteiger partial charge is 0.277 e. The summed E-state index contributed by atoms with van der Waals surface area (Å²) in [5.74, 6) is -0.240. The molecule has 3 aromatic carbocycles. The van der Waals surface area contributed by atoms with Crippen molar-refractivity contribution < 1.29 is 9.53 Å². The number of carbonyl (C=O) groups excluding carboxylic acids is 1. The molecular weight excluding hydrogens is 454 g/mol. The molecule has 3 aromatic rings. The van der Waals surface area contributed by atoms with Crippen LogP contribution in [-0.2, 0) is 15.3 Å². The molecule has 2 saturated heterocycles. The Morgan fingerprint density at radius 1 is 1.11 bits per heavy atom. The van der Waals surface area contributed by atoms with E-state index in [1.165, 1.54) is 0 Å². The van der Waals surface area contributed by atoms with E-state index >= 15 is 0 Å². The molecule has 2 fully saturated rings. The Hall–Kier alpha value is -3.32. The van der Waals surface area contributed by atoms with E-state index in [-0.39, 0.29) is 11.8 Å². The number of nitrogens with zero attached hydrogens (tertiary/aromatic N) is 2. The van der Waals surface area contributed by atoms with E-state index in [9.17, 15) is 4.79 Å². The van der Waals surface area contributed by atoms with Crippen molar-refractivity contribution in [2.24, 2.45) is 5.92 Å². The number of para-hydroxylation sites is 1. The molecule has 178 valence electrons. The molecule has 6 heteroatoms. The predicted molar refractivity (Wildman–Crippen MR) is 145 cm³/mol. The second kappa shape index (κ2) is 9.74. The number of benzene rings is 3. The summed E-state index contributed by atoms with van der Waals surface area (Å²) in [6, 6.07) is 24.5. The maximum Gasteiger partial charge on any atom is 0.277 e. The van der Waals surface area contributed by atoms with Crippen LogP contribution in [0.4, 0.5) is 5.69 Å². The molecule has 0 bridgehead atoms. The normalized spacial score (nSPS) is 22.4. The Morgan fingerprint density at radius 2 is 1.86 bits per heavy atom. The molecule has 0 aliphatic carbocycles. The molecular formula is C29H29N3O2S. The van der Waals surface area contributed by atoms with Gasteiger partial charge in [-0.05, 0) is 47.6 Å². The summed E-state index contributed by atoms with van der Waals surface area (Å²) < 4.78 is 6.53. The molecule has 35 heavy (non-hydrogen) atoms. The molecule has 5 nitrogen and oxygen atoms in total. The van der Waals surface area contributed by atoms with Gasteiger partial charge in [0, 0.05) is 30.3 Å². The van der Waals surface area contributed by atoms with Gasteiger partial charge in [-0.15, -0.1) is 6.58 Å². The summed E-state index contributed by atoms with van der Waals surface area (Å²) in [6.45, 7) is 7.64. The molecule has 2 unspecified atom stereocenters. The Labute approximate surface area is 211 Å². The Morgan fingerprint density at radius 3 is 2.57 bits per heavy atom. The fraction of sp³-hybridized carbons (Fsp3) is 0.241. The molecule has 2 aliphatic heterocycles. The van der Waals surface area contributed by atoms with Crippen LogP contribution in [0, 0.1) is 5.92 Å². The third kappa shape index (κ3) is 3.97. The minimum atomic E-state index is -0.751. The number of fused-ring (bicyclic) bond motifs is 1. The first-order valence-electron chi connectivity index (χ1n) is 12.0. The molecule has 1 amide bonds. The van der Waals surface area contributed by atoms with E-state index in [1.807, 2.05) is 47.4 Å². The summed E-state index contributed by atoms with van der Waals surface area (Å²) in [4.78, 5) is 17.1. The van der Waals surface area contributed by atoms with E-state index in [0.717, 1.165) is 35.0 Å². The number of anilines is 1. The maximum atomic E-state index is 13.6. The average Bonchev–Trinajstić information content (AvgIpc) is 3.47. The van der Waals surface area contributed by atoms with Gasteiger partial charge in [0.25, 0.3) is 5.91 Å². The number of thiocarbonyl (C=S) groups is 1. The number of rotatable bonds is 7. The van der Waals surface area contributed by atoms with Gasteiger partial charge in [0.1, 0.15) is 5.70 Å². The van der Waals surface area contributed by atoms with E-state index in [4.69, 9.17) is 17.0 Å². The Kier molecular flexibility index (Phi) is 6.52. The maximum absolute atomic E-state index is 13.6. The van der Waals surface area contributed by atoms with Crippen LogP contribution in [0.25, 0.3) is 10.8 Å². The van der Waals surface area contributed by atoms with E-state index in [1.54, 1.807) is 11.0 Å². The standard InChI is InChI=1S/C29H29N3O2S/c1-3-18-31-27(33)26(32(28(31)35)23-13-6-5-7-14-23)20-22(4-2)29(30-17-19-34-29)25-16-10-12-21-11-8-9-15-24(21)25/h3,5-16,20,22,30H,1,4,17-19H2,2H3. The van der Waals surface area contributed by atoms with Gasteiger partial charge in [0.2, 0.25) is 0 Å². The second-order valence-electron chi connectivity index (χ2n) is 8.76. The molecule has 0 spiro atoms. The summed E-state index contributed by atoms with van der Waals surface area (Å²) in [7, 11) is 0. The molecule has 2 aliphatic rings. The van der Waals surface area contributed by atoms with Crippen molar-refractivity contribution in [3.05, 3.63) is 103 Å². The van der Waals surface area contributed by atoms with Crippen molar-refractivity contribution in [3.63, 3.8) is 0 Å². The van der Waals surface area contributed by atoms with Crippen molar-refractivity contribution in [1.29, 1.82) is 0 Å². The van der Waals surface area contributed by atoms with Gasteiger partial charge in [0.05, 0.1) is 6.61 Å². The zero-order valence-electron chi connectivity index (χ0n) is 19.8. The van der Waals surface area contributed by atoms with Gasteiger partial charge in [-0.3, -0.25) is 19.9 Å². The third-order valence-electron chi connectivity index (χ3n) is 6.78.